The number of piperidine rings is 1. The fraction of sp³-hybridized carbons (Fsp3) is 0.310. The highest BCUT2D eigenvalue weighted by Gasteiger charge is 2.38. The normalized spacial score (nSPS) is 17.7. The Labute approximate surface area is 235 Å². The second-order valence-electron chi connectivity index (χ2n) is 10.3. The topological polar surface area (TPSA) is 105 Å². The number of aryl methyl sites for hydroxylation is 1. The van der Waals surface area contributed by atoms with Crippen molar-refractivity contribution in [1.82, 2.24) is 15.0 Å². The van der Waals surface area contributed by atoms with E-state index in [0.717, 1.165) is 22.5 Å². The van der Waals surface area contributed by atoms with Crippen LogP contribution in [0.15, 0.2) is 53.3 Å². The van der Waals surface area contributed by atoms with Crippen molar-refractivity contribution in [2.24, 2.45) is 11.7 Å². The zero-order valence-corrected chi connectivity index (χ0v) is 22.2. The predicted octanol–water partition coefficient (Wildman–Crippen LogP) is 5.70. The van der Waals surface area contributed by atoms with E-state index in [1.165, 1.54) is 0 Å². The van der Waals surface area contributed by atoms with Gasteiger partial charge in [0.2, 0.25) is 5.91 Å². The van der Waals surface area contributed by atoms with Gasteiger partial charge in [-0.15, -0.1) is 0 Å². The lowest BCUT2D eigenvalue weighted by Gasteiger charge is -2.40. The highest BCUT2D eigenvalue weighted by atomic mass is 19.4. The second-order valence-corrected chi connectivity index (χ2v) is 10.3. The molecular weight excluding hydrogens is 564 g/mol. The zero-order chi connectivity index (χ0) is 30.3. The number of aromatic amines is 1. The first-order valence-electron chi connectivity index (χ1n) is 13.0. The van der Waals surface area contributed by atoms with Gasteiger partial charge in [-0.05, 0) is 55.5 Å². The molecule has 2 atom stereocenters. The zero-order valence-electron chi connectivity index (χ0n) is 22.2. The fourth-order valence-corrected chi connectivity index (χ4v) is 5.45. The van der Waals surface area contributed by atoms with Crippen LogP contribution >= 0.6 is 0 Å². The summed E-state index contributed by atoms with van der Waals surface area (Å²) in [6, 6.07) is 10.8. The van der Waals surface area contributed by atoms with Crippen LogP contribution in [-0.4, -0.2) is 33.4 Å². The molecule has 42 heavy (non-hydrogen) atoms. The summed E-state index contributed by atoms with van der Waals surface area (Å²) < 4.78 is 84.5. The number of para-hydroxylation sites is 1. The Morgan fingerprint density at radius 2 is 1.90 bits per heavy atom. The number of nitrogens with one attached hydrogen (secondary N) is 1. The molecule has 0 spiro atoms. The number of H-pyrrole nitrogens is 1. The molecule has 7 nitrogen and oxygen atoms in total. The molecule has 0 bridgehead atoms. The van der Waals surface area contributed by atoms with Crippen molar-refractivity contribution in [3.63, 3.8) is 0 Å². The van der Waals surface area contributed by atoms with Crippen molar-refractivity contribution in [2.75, 3.05) is 11.4 Å². The lowest BCUT2D eigenvalue weighted by molar-refractivity contribution is -0.137. The van der Waals surface area contributed by atoms with E-state index in [1.54, 1.807) is 6.07 Å². The molecule has 1 saturated heterocycles. The number of aromatic nitrogens is 3. The largest absolute Gasteiger partial charge is 0.417 e. The number of amides is 1. The molecule has 13 heteroatoms. The van der Waals surface area contributed by atoms with Crippen molar-refractivity contribution >= 4 is 22.6 Å². The molecule has 1 aliphatic rings. The van der Waals surface area contributed by atoms with Crippen molar-refractivity contribution in [1.29, 1.82) is 0 Å². The van der Waals surface area contributed by atoms with Crippen molar-refractivity contribution < 1.29 is 31.1 Å². The summed E-state index contributed by atoms with van der Waals surface area (Å²) in [6.45, 7) is 2.22. The maximum absolute atomic E-state index is 16.0. The Bertz CT molecular complexity index is 1720. The van der Waals surface area contributed by atoms with Gasteiger partial charge in [0.1, 0.15) is 23.2 Å². The summed E-state index contributed by atoms with van der Waals surface area (Å²) in [4.78, 5) is 36.1. The van der Waals surface area contributed by atoms with Gasteiger partial charge in [-0.25, -0.2) is 23.1 Å². The molecule has 3 N–H and O–H groups in total. The van der Waals surface area contributed by atoms with E-state index >= 15 is 4.39 Å². The van der Waals surface area contributed by atoms with Crippen LogP contribution in [-0.2, 0) is 17.4 Å². The highest BCUT2D eigenvalue weighted by molar-refractivity contribution is 5.83. The summed E-state index contributed by atoms with van der Waals surface area (Å²) in [5, 5.41) is 0.897. The SMILES string of the molecule is Cc1cccc2ccc(N3CCC(C(N)=O)CC3Cc3ccc(C(F)(F)F)c(-c4nc(C(F)F)cc(=O)[nH]4)c3F)nc12. The van der Waals surface area contributed by atoms with Gasteiger partial charge in [-0.1, -0.05) is 24.3 Å². The van der Waals surface area contributed by atoms with Gasteiger partial charge < -0.3 is 15.6 Å². The van der Waals surface area contributed by atoms with E-state index in [0.29, 0.717) is 30.9 Å². The predicted molar refractivity (Wildman–Crippen MR) is 143 cm³/mol. The van der Waals surface area contributed by atoms with Gasteiger partial charge in [-0.3, -0.25) is 9.59 Å². The molecule has 1 aliphatic heterocycles. The van der Waals surface area contributed by atoms with Crippen LogP contribution in [0.2, 0.25) is 0 Å². The average Bonchev–Trinajstić information content (AvgIpc) is 2.93. The Morgan fingerprint density at radius 3 is 2.60 bits per heavy atom. The molecule has 0 aliphatic carbocycles. The van der Waals surface area contributed by atoms with Gasteiger partial charge in [0.05, 0.1) is 16.6 Å². The minimum atomic E-state index is -5.09. The quantitative estimate of drug-likeness (QED) is 0.281. The third kappa shape index (κ3) is 5.68. The molecule has 4 aromatic rings. The van der Waals surface area contributed by atoms with E-state index in [4.69, 9.17) is 10.7 Å². The Morgan fingerprint density at radius 1 is 1.14 bits per heavy atom. The molecule has 5 rings (SSSR count). The molecule has 0 radical (unpaired) electrons. The standard InChI is InChI=1S/C29H25F6N5O2/c1-14-3-2-4-15-6-8-21(38-25(14)15)40-10-9-17(27(36)42)12-18(40)11-16-5-7-19(29(33,34)35)23(24(16)30)28-37-20(26(31)32)13-22(41)39-28/h2-8,13,17-18,26H,9-12H2,1H3,(H2,36,42)(H,37,39,41). The molecule has 1 fully saturated rings. The van der Waals surface area contributed by atoms with Gasteiger partial charge in [0, 0.05) is 30.0 Å². The van der Waals surface area contributed by atoms with Crippen LogP contribution in [0.5, 0.6) is 0 Å². The summed E-state index contributed by atoms with van der Waals surface area (Å²) in [5.41, 5.74) is 2.16. The average molecular weight is 590 g/mol. The van der Waals surface area contributed by atoms with Crippen LogP contribution in [0.25, 0.3) is 22.3 Å². The summed E-state index contributed by atoms with van der Waals surface area (Å²) in [5.74, 6) is -2.92. The second kappa shape index (κ2) is 11.1. The van der Waals surface area contributed by atoms with Gasteiger partial charge in [0.15, 0.2) is 0 Å². The Kier molecular flexibility index (Phi) is 7.69. The molecule has 1 amide bonds. The molecular formula is C29H25F6N5O2. The number of hydrogen-bond acceptors (Lipinski definition) is 5. The molecule has 0 saturated carbocycles. The first-order valence-corrected chi connectivity index (χ1v) is 13.0. The molecule has 2 aromatic heterocycles. The van der Waals surface area contributed by atoms with Crippen LogP contribution < -0.4 is 16.2 Å². The summed E-state index contributed by atoms with van der Waals surface area (Å²) in [7, 11) is 0. The fourth-order valence-electron chi connectivity index (χ4n) is 5.45. The first kappa shape index (κ1) is 29.1. The Balaban J connectivity index is 1.61. The van der Waals surface area contributed by atoms with E-state index < -0.39 is 64.5 Å². The van der Waals surface area contributed by atoms with Crippen LogP contribution in [0, 0.1) is 18.7 Å². The van der Waals surface area contributed by atoms with Crippen LogP contribution in [0.4, 0.5) is 32.2 Å². The monoisotopic (exact) mass is 589 g/mol. The molecule has 220 valence electrons. The molecule has 2 unspecified atom stereocenters. The van der Waals surface area contributed by atoms with E-state index in [9.17, 15) is 31.5 Å². The van der Waals surface area contributed by atoms with Gasteiger partial charge in [0.25, 0.3) is 12.0 Å². The maximum atomic E-state index is 16.0. The number of nitrogens with two attached hydrogens (primary N) is 1. The smallest absolute Gasteiger partial charge is 0.369 e. The molecule has 3 heterocycles. The lowest BCUT2D eigenvalue weighted by Crippen LogP contribution is -2.47. The van der Waals surface area contributed by atoms with Gasteiger partial charge in [-0.2, -0.15) is 13.2 Å². The summed E-state index contributed by atoms with van der Waals surface area (Å²) >= 11 is 0. The number of pyridine rings is 1. The van der Waals surface area contributed by atoms with Gasteiger partial charge >= 0.3 is 6.18 Å². The number of alkyl halides is 5. The van der Waals surface area contributed by atoms with Crippen molar-refractivity contribution in [3.8, 4) is 11.4 Å². The lowest BCUT2D eigenvalue weighted by atomic mass is 9.86. The maximum Gasteiger partial charge on any atom is 0.417 e. The number of hydrogen-bond donors (Lipinski definition) is 2. The molecule has 2 aromatic carbocycles. The van der Waals surface area contributed by atoms with Crippen molar-refractivity contribution in [3.05, 3.63) is 87.1 Å². The minimum absolute atomic E-state index is 0.174. The van der Waals surface area contributed by atoms with Crippen LogP contribution in [0.1, 0.15) is 41.7 Å². The number of nitrogens with zero attached hydrogens (tertiary/aromatic N) is 3. The highest BCUT2D eigenvalue weighted by Crippen LogP contribution is 2.40. The number of halogens is 6. The summed E-state index contributed by atoms with van der Waals surface area (Å²) in [6.07, 6.45) is -7.96. The van der Waals surface area contributed by atoms with Crippen molar-refractivity contribution in [2.45, 2.75) is 44.8 Å². The van der Waals surface area contributed by atoms with E-state index in [-0.39, 0.29) is 18.4 Å². The number of carbonyl (C=O) groups excluding carboxylic acids is 1. The van der Waals surface area contributed by atoms with Crippen LogP contribution in [0.3, 0.4) is 0 Å². The Hall–Kier alpha value is -4.42. The third-order valence-corrected chi connectivity index (χ3v) is 7.52. The minimum Gasteiger partial charge on any atom is -0.369 e. The number of primary amides is 1. The first-order chi connectivity index (χ1) is 19.8. The van der Waals surface area contributed by atoms with E-state index in [2.05, 4.69) is 4.98 Å². The number of rotatable bonds is 6. The third-order valence-electron chi connectivity index (χ3n) is 7.52. The number of benzene rings is 2. The number of carbonyl (C=O) groups is 1. The number of fused-ring (bicyclic) bond motifs is 1. The number of anilines is 1. The van der Waals surface area contributed by atoms with E-state index in [1.807, 2.05) is 41.1 Å².